The summed E-state index contributed by atoms with van der Waals surface area (Å²) in [5.74, 6) is -0.366. The van der Waals surface area contributed by atoms with Gasteiger partial charge in [0.15, 0.2) is 0 Å². The van der Waals surface area contributed by atoms with E-state index in [1.807, 2.05) is 13.8 Å². The number of hydrogen-bond acceptors (Lipinski definition) is 5. The fraction of sp³-hybridized carbons (Fsp3) is 0.375. The van der Waals surface area contributed by atoms with Crippen LogP contribution in [-0.2, 0) is 11.2 Å². The number of rotatable bonds is 7. The second-order valence-corrected chi connectivity index (χ2v) is 6.84. The lowest BCUT2D eigenvalue weighted by molar-refractivity contribution is -0.121. The molecule has 0 spiro atoms. The Morgan fingerprint density at radius 1 is 1.33 bits per heavy atom. The number of hydrogen-bond donors (Lipinski definition) is 2. The summed E-state index contributed by atoms with van der Waals surface area (Å²) >= 11 is 7.06. The minimum atomic E-state index is -0.343. The molecule has 0 aliphatic carbocycles. The molecule has 0 fully saturated rings. The normalized spacial score (nSPS) is 11.8. The summed E-state index contributed by atoms with van der Waals surface area (Å²) in [6, 6.07) is 7.03. The summed E-state index contributed by atoms with van der Waals surface area (Å²) in [6.07, 6.45) is 1.68. The summed E-state index contributed by atoms with van der Waals surface area (Å²) in [7, 11) is 0. The number of carbonyl (C=O) groups excluding carboxylic acids is 2. The molecule has 0 unspecified atom stereocenters. The molecule has 24 heavy (non-hydrogen) atoms. The molecule has 0 bridgehead atoms. The lowest BCUT2D eigenvalue weighted by atomic mass is 10.2. The Bertz CT molecular complexity index is 720. The first-order valence-corrected chi connectivity index (χ1v) is 8.86. The van der Waals surface area contributed by atoms with E-state index >= 15 is 0 Å². The van der Waals surface area contributed by atoms with Crippen LogP contribution in [0.1, 0.15) is 41.5 Å². The van der Waals surface area contributed by atoms with Crippen LogP contribution in [0, 0.1) is 0 Å². The molecule has 8 heteroatoms. The Morgan fingerprint density at radius 2 is 2.12 bits per heavy atom. The van der Waals surface area contributed by atoms with Crippen LogP contribution in [0.3, 0.4) is 0 Å². The molecule has 2 amide bonds. The van der Waals surface area contributed by atoms with E-state index in [1.54, 1.807) is 24.3 Å². The van der Waals surface area contributed by atoms with Crippen molar-refractivity contribution in [3.8, 4) is 0 Å². The Morgan fingerprint density at radius 3 is 2.83 bits per heavy atom. The van der Waals surface area contributed by atoms with Crippen molar-refractivity contribution >= 4 is 40.4 Å². The quantitative estimate of drug-likeness (QED) is 0.787. The molecule has 1 aromatic carbocycles. The molecule has 1 aromatic heterocycles. The van der Waals surface area contributed by atoms with E-state index < -0.39 is 0 Å². The molecule has 1 heterocycles. The molecule has 2 rings (SSSR count). The van der Waals surface area contributed by atoms with Crippen LogP contribution in [0.2, 0.25) is 5.02 Å². The topological polar surface area (TPSA) is 84.0 Å². The van der Waals surface area contributed by atoms with Crippen LogP contribution in [0.15, 0.2) is 24.3 Å². The van der Waals surface area contributed by atoms with Crippen LogP contribution < -0.4 is 10.6 Å². The molecule has 1 atom stereocenters. The molecule has 2 N–H and O–H groups in total. The number of nitrogens with one attached hydrogen (secondary N) is 2. The predicted octanol–water partition coefficient (Wildman–Crippen LogP) is 3.29. The first-order valence-electron chi connectivity index (χ1n) is 7.66. The Kier molecular flexibility index (Phi) is 6.69. The Labute approximate surface area is 149 Å². The monoisotopic (exact) mass is 366 g/mol. The minimum absolute atomic E-state index is 0.0236. The maximum absolute atomic E-state index is 12.1. The molecule has 128 valence electrons. The van der Waals surface area contributed by atoms with Gasteiger partial charge >= 0.3 is 0 Å². The molecule has 0 saturated heterocycles. The molecule has 0 aliphatic heterocycles. The molecule has 2 aromatic rings. The largest absolute Gasteiger partial charge is 0.354 e. The molecular formula is C16H19ClN4O2S. The molecular weight excluding hydrogens is 348 g/mol. The van der Waals surface area contributed by atoms with Crippen molar-refractivity contribution in [3.63, 3.8) is 0 Å². The third-order valence-electron chi connectivity index (χ3n) is 3.33. The van der Waals surface area contributed by atoms with Crippen molar-refractivity contribution in [2.45, 2.75) is 39.2 Å². The number of benzene rings is 1. The van der Waals surface area contributed by atoms with Crippen molar-refractivity contribution in [1.82, 2.24) is 15.5 Å². The fourth-order valence-corrected chi connectivity index (χ4v) is 2.79. The second-order valence-electron chi connectivity index (χ2n) is 5.34. The molecule has 0 saturated carbocycles. The van der Waals surface area contributed by atoms with Gasteiger partial charge in [0, 0.05) is 29.6 Å². The van der Waals surface area contributed by atoms with Crippen LogP contribution in [0.25, 0.3) is 0 Å². The minimum Gasteiger partial charge on any atom is -0.354 e. The number of anilines is 1. The maximum Gasteiger partial charge on any atom is 0.286 e. The smallest absolute Gasteiger partial charge is 0.286 e. The highest BCUT2D eigenvalue weighted by atomic mass is 35.5. The van der Waals surface area contributed by atoms with Gasteiger partial charge in [-0.05, 0) is 31.5 Å². The average molecular weight is 367 g/mol. The zero-order valence-electron chi connectivity index (χ0n) is 13.5. The standard InChI is InChI=1S/C16H19ClN4O2S/c1-3-10(2)18-13(22)7-8-14-20-21-16(24-14)15(23)19-12-6-4-5-11(17)9-12/h4-6,9-10H,3,7-8H2,1-2H3,(H,18,22)(H,19,23)/t10-/m1/s1. The molecule has 0 aliphatic rings. The lowest BCUT2D eigenvalue weighted by Gasteiger charge is -2.10. The Hall–Kier alpha value is -1.99. The number of halogens is 1. The van der Waals surface area contributed by atoms with Gasteiger partial charge < -0.3 is 10.6 Å². The first-order chi connectivity index (χ1) is 11.5. The number of carbonyl (C=O) groups is 2. The summed E-state index contributed by atoms with van der Waals surface area (Å²) < 4.78 is 0. The van der Waals surface area contributed by atoms with Crippen molar-refractivity contribution in [2.24, 2.45) is 0 Å². The van der Waals surface area contributed by atoms with Gasteiger partial charge in [-0.2, -0.15) is 0 Å². The zero-order valence-corrected chi connectivity index (χ0v) is 15.1. The van der Waals surface area contributed by atoms with E-state index in [0.717, 1.165) is 6.42 Å². The van der Waals surface area contributed by atoms with E-state index in [-0.39, 0.29) is 22.9 Å². The van der Waals surface area contributed by atoms with Gasteiger partial charge in [-0.25, -0.2) is 0 Å². The highest BCUT2D eigenvalue weighted by Crippen LogP contribution is 2.17. The van der Waals surface area contributed by atoms with E-state index in [0.29, 0.717) is 28.6 Å². The van der Waals surface area contributed by atoms with Crippen molar-refractivity contribution in [1.29, 1.82) is 0 Å². The van der Waals surface area contributed by atoms with Crippen molar-refractivity contribution in [2.75, 3.05) is 5.32 Å². The van der Waals surface area contributed by atoms with E-state index in [4.69, 9.17) is 11.6 Å². The maximum atomic E-state index is 12.1. The highest BCUT2D eigenvalue weighted by Gasteiger charge is 2.14. The van der Waals surface area contributed by atoms with Gasteiger partial charge in [-0.15, -0.1) is 10.2 Å². The first kappa shape index (κ1) is 18.4. The third kappa shape index (κ3) is 5.58. The number of aromatic nitrogens is 2. The van der Waals surface area contributed by atoms with Gasteiger partial charge in [0.25, 0.3) is 5.91 Å². The van der Waals surface area contributed by atoms with E-state index in [2.05, 4.69) is 20.8 Å². The summed E-state index contributed by atoms with van der Waals surface area (Å²) in [5.41, 5.74) is 0.595. The highest BCUT2D eigenvalue weighted by molar-refractivity contribution is 7.13. The number of amides is 2. The van der Waals surface area contributed by atoms with Gasteiger partial charge in [-0.3, -0.25) is 9.59 Å². The van der Waals surface area contributed by atoms with Crippen molar-refractivity contribution < 1.29 is 9.59 Å². The number of aryl methyl sites for hydroxylation is 1. The van der Waals surface area contributed by atoms with Crippen LogP contribution in [0.4, 0.5) is 5.69 Å². The van der Waals surface area contributed by atoms with Crippen molar-refractivity contribution in [3.05, 3.63) is 39.3 Å². The van der Waals surface area contributed by atoms with Gasteiger partial charge in [0.05, 0.1) is 0 Å². The third-order valence-corrected chi connectivity index (χ3v) is 4.55. The van der Waals surface area contributed by atoms with Crippen LogP contribution in [-0.4, -0.2) is 28.1 Å². The fourth-order valence-electron chi connectivity index (χ4n) is 1.87. The number of nitrogens with zero attached hydrogens (tertiary/aromatic N) is 2. The van der Waals surface area contributed by atoms with Gasteiger partial charge in [0.1, 0.15) is 5.01 Å². The Balaban J connectivity index is 1.88. The van der Waals surface area contributed by atoms with Crippen LogP contribution in [0.5, 0.6) is 0 Å². The molecule has 0 radical (unpaired) electrons. The summed E-state index contributed by atoms with van der Waals surface area (Å²) in [6.45, 7) is 3.97. The summed E-state index contributed by atoms with van der Waals surface area (Å²) in [5, 5.41) is 14.9. The van der Waals surface area contributed by atoms with E-state index in [1.165, 1.54) is 11.3 Å². The summed E-state index contributed by atoms with van der Waals surface area (Å²) in [4.78, 5) is 23.9. The molecule has 6 nitrogen and oxygen atoms in total. The van der Waals surface area contributed by atoms with Gasteiger partial charge in [-0.1, -0.05) is 35.9 Å². The van der Waals surface area contributed by atoms with Gasteiger partial charge in [0.2, 0.25) is 10.9 Å². The zero-order chi connectivity index (χ0) is 17.5. The van der Waals surface area contributed by atoms with Crippen LogP contribution >= 0.6 is 22.9 Å². The average Bonchev–Trinajstić information content (AvgIpc) is 3.02. The second kappa shape index (κ2) is 8.75. The SMILES string of the molecule is CC[C@@H](C)NC(=O)CCc1nnc(C(=O)Nc2cccc(Cl)c2)s1. The van der Waals surface area contributed by atoms with E-state index in [9.17, 15) is 9.59 Å². The lowest BCUT2D eigenvalue weighted by Crippen LogP contribution is -2.31. The predicted molar refractivity (Wildman–Crippen MR) is 95.5 cm³/mol.